The van der Waals surface area contributed by atoms with Crippen molar-refractivity contribution in [2.24, 2.45) is 0 Å². The van der Waals surface area contributed by atoms with Gasteiger partial charge in [-0.3, -0.25) is 9.69 Å². The number of rotatable bonds is 7. The quantitative estimate of drug-likeness (QED) is 0.398. The molecule has 0 spiro atoms. The molecule has 3 fully saturated rings. The van der Waals surface area contributed by atoms with Crippen LogP contribution in [0.4, 0.5) is 0 Å². The van der Waals surface area contributed by atoms with Crippen LogP contribution in [-0.2, 0) is 14.3 Å². The van der Waals surface area contributed by atoms with Crippen molar-refractivity contribution in [3.8, 4) is 17.2 Å². The summed E-state index contributed by atoms with van der Waals surface area (Å²) in [5, 5.41) is 9.86. The SMILES string of the molecule is COc1ccc(C(=O)N2CCN([C@H]3CO[C@H]4[C@@H]3OC[C@@H]4O[N+](=O)[O-])CC2)c(OC)c1OC.Cl. The fraction of sp³-hybridized carbons (Fsp3) is 0.650. The zero-order valence-electron chi connectivity index (χ0n) is 18.6. The van der Waals surface area contributed by atoms with Gasteiger partial charge >= 0.3 is 0 Å². The molecule has 0 N–H and O–H groups in total. The summed E-state index contributed by atoms with van der Waals surface area (Å²) in [6.45, 7) is 2.82. The number of carbonyl (C=O) groups excluding carboxylic acids is 1. The molecule has 184 valence electrons. The van der Waals surface area contributed by atoms with Gasteiger partial charge in [0.2, 0.25) is 5.75 Å². The molecule has 33 heavy (non-hydrogen) atoms. The number of carbonyl (C=O) groups is 1. The summed E-state index contributed by atoms with van der Waals surface area (Å²) in [6.07, 6.45) is -1.45. The second kappa shape index (κ2) is 10.6. The third-order valence-corrected chi connectivity index (χ3v) is 6.21. The van der Waals surface area contributed by atoms with Gasteiger partial charge in [0.15, 0.2) is 17.6 Å². The Labute approximate surface area is 197 Å². The van der Waals surface area contributed by atoms with Crippen LogP contribution in [0.1, 0.15) is 10.4 Å². The van der Waals surface area contributed by atoms with Gasteiger partial charge in [0.25, 0.3) is 11.0 Å². The molecule has 0 aromatic heterocycles. The normalized spacial score (nSPS) is 26.8. The van der Waals surface area contributed by atoms with Gasteiger partial charge < -0.3 is 33.4 Å². The van der Waals surface area contributed by atoms with Crippen molar-refractivity contribution >= 4 is 18.3 Å². The number of ether oxygens (including phenoxy) is 5. The molecule has 4 atom stereocenters. The molecule has 0 aliphatic carbocycles. The third-order valence-electron chi connectivity index (χ3n) is 6.21. The maximum absolute atomic E-state index is 13.2. The number of benzene rings is 1. The van der Waals surface area contributed by atoms with Gasteiger partial charge in [0.1, 0.15) is 12.2 Å². The molecular weight excluding hydrogens is 462 g/mol. The van der Waals surface area contributed by atoms with E-state index in [1.54, 1.807) is 17.0 Å². The summed E-state index contributed by atoms with van der Waals surface area (Å²) in [5.41, 5.74) is 0.404. The molecule has 3 aliphatic rings. The first kappa shape index (κ1) is 25.1. The molecule has 3 heterocycles. The van der Waals surface area contributed by atoms with Gasteiger partial charge in [-0.2, -0.15) is 0 Å². The minimum absolute atomic E-state index is 0. The average Bonchev–Trinajstić information content (AvgIpc) is 3.40. The van der Waals surface area contributed by atoms with Crippen LogP contribution in [0.15, 0.2) is 12.1 Å². The molecule has 1 amide bonds. The van der Waals surface area contributed by atoms with Crippen molar-refractivity contribution in [2.75, 3.05) is 60.7 Å². The smallest absolute Gasteiger partial charge is 0.294 e. The van der Waals surface area contributed by atoms with Crippen molar-refractivity contribution in [1.82, 2.24) is 9.80 Å². The van der Waals surface area contributed by atoms with E-state index in [1.807, 2.05) is 0 Å². The van der Waals surface area contributed by atoms with Gasteiger partial charge in [-0.15, -0.1) is 22.5 Å². The van der Waals surface area contributed by atoms with E-state index >= 15 is 0 Å². The minimum Gasteiger partial charge on any atom is -0.493 e. The second-order valence-electron chi connectivity index (χ2n) is 7.74. The van der Waals surface area contributed by atoms with Crippen LogP contribution in [0.2, 0.25) is 0 Å². The Bertz CT molecular complexity index is 865. The molecule has 0 radical (unpaired) electrons. The fourth-order valence-electron chi connectivity index (χ4n) is 4.65. The highest BCUT2D eigenvalue weighted by Gasteiger charge is 2.51. The van der Waals surface area contributed by atoms with Crippen molar-refractivity contribution in [2.45, 2.75) is 24.4 Å². The summed E-state index contributed by atoms with van der Waals surface area (Å²) < 4.78 is 27.6. The first-order chi connectivity index (χ1) is 15.5. The van der Waals surface area contributed by atoms with Crippen LogP contribution in [0.5, 0.6) is 17.2 Å². The monoisotopic (exact) mass is 489 g/mol. The summed E-state index contributed by atoms with van der Waals surface area (Å²) in [7, 11) is 4.51. The largest absolute Gasteiger partial charge is 0.493 e. The molecule has 0 saturated carbocycles. The first-order valence-electron chi connectivity index (χ1n) is 10.3. The molecule has 0 bridgehead atoms. The highest BCUT2D eigenvalue weighted by molar-refractivity contribution is 5.98. The first-order valence-corrected chi connectivity index (χ1v) is 10.3. The van der Waals surface area contributed by atoms with E-state index in [1.165, 1.54) is 21.3 Å². The van der Waals surface area contributed by atoms with E-state index in [2.05, 4.69) is 9.74 Å². The molecule has 13 heteroatoms. The predicted octanol–water partition coefficient (Wildman–Crippen LogP) is 0.635. The van der Waals surface area contributed by atoms with Gasteiger partial charge in [-0.1, -0.05) is 0 Å². The summed E-state index contributed by atoms with van der Waals surface area (Å²) in [4.78, 5) is 32.5. The second-order valence-corrected chi connectivity index (χ2v) is 7.74. The van der Waals surface area contributed by atoms with E-state index in [0.29, 0.717) is 55.6 Å². The standard InChI is InChI=1S/C20H27N3O9.ClH/c1-27-14-5-4-12(16(28-2)18(14)29-3)20(24)22-8-6-21(7-9-22)13-10-30-19-15(32-23(25)26)11-31-17(13)19;/h4-5,13,15,17,19H,6-11H2,1-3H3;1H/t13-,15-,17+,19+;/m0./s1. The Balaban J connectivity index is 0.00000306. The summed E-state index contributed by atoms with van der Waals surface area (Å²) in [6, 6.07) is 3.32. The zero-order valence-corrected chi connectivity index (χ0v) is 19.4. The topological polar surface area (TPSA) is 122 Å². The minimum atomic E-state index is -0.806. The lowest BCUT2D eigenvalue weighted by atomic mass is 10.1. The van der Waals surface area contributed by atoms with Crippen LogP contribution in [0, 0.1) is 10.1 Å². The number of amides is 1. The highest BCUT2D eigenvalue weighted by atomic mass is 35.5. The van der Waals surface area contributed by atoms with Gasteiger partial charge in [-0.05, 0) is 12.1 Å². The Morgan fingerprint density at radius 1 is 1.00 bits per heavy atom. The van der Waals surface area contributed by atoms with E-state index < -0.39 is 17.3 Å². The average molecular weight is 490 g/mol. The number of hydrogen-bond acceptors (Lipinski definition) is 10. The lowest BCUT2D eigenvalue weighted by Crippen LogP contribution is -2.55. The maximum atomic E-state index is 13.2. The molecule has 4 rings (SSSR count). The van der Waals surface area contributed by atoms with E-state index in [0.717, 1.165) is 0 Å². The van der Waals surface area contributed by atoms with Gasteiger partial charge in [-0.25, -0.2) is 0 Å². The highest BCUT2D eigenvalue weighted by Crippen LogP contribution is 2.40. The zero-order chi connectivity index (χ0) is 22.8. The van der Waals surface area contributed by atoms with Crippen LogP contribution >= 0.6 is 12.4 Å². The molecule has 3 saturated heterocycles. The number of piperazine rings is 1. The Kier molecular flexibility index (Phi) is 8.05. The van der Waals surface area contributed by atoms with Gasteiger partial charge in [0.05, 0.1) is 46.1 Å². The Morgan fingerprint density at radius 3 is 2.27 bits per heavy atom. The van der Waals surface area contributed by atoms with E-state index in [4.69, 9.17) is 23.7 Å². The van der Waals surface area contributed by atoms with E-state index in [-0.39, 0.29) is 37.1 Å². The summed E-state index contributed by atoms with van der Waals surface area (Å²) in [5.74, 6) is 1.04. The fourth-order valence-corrected chi connectivity index (χ4v) is 4.65. The number of halogens is 1. The number of methoxy groups -OCH3 is 3. The van der Waals surface area contributed by atoms with Crippen LogP contribution in [0.3, 0.4) is 0 Å². The molecule has 1 aromatic carbocycles. The molecule has 12 nitrogen and oxygen atoms in total. The lowest BCUT2D eigenvalue weighted by Gasteiger charge is -2.39. The Morgan fingerprint density at radius 2 is 1.67 bits per heavy atom. The van der Waals surface area contributed by atoms with Crippen LogP contribution in [-0.4, -0.2) is 106 Å². The molecular formula is C20H28ClN3O9. The molecule has 0 unspecified atom stereocenters. The number of nitrogens with zero attached hydrogens (tertiary/aromatic N) is 3. The molecule has 3 aliphatic heterocycles. The maximum Gasteiger partial charge on any atom is 0.294 e. The number of fused-ring (bicyclic) bond motifs is 1. The van der Waals surface area contributed by atoms with Gasteiger partial charge in [0, 0.05) is 26.2 Å². The Hall–Kier alpha value is -2.54. The van der Waals surface area contributed by atoms with Crippen molar-refractivity contribution in [3.63, 3.8) is 0 Å². The van der Waals surface area contributed by atoms with Crippen molar-refractivity contribution < 1.29 is 38.4 Å². The third kappa shape index (κ3) is 4.74. The van der Waals surface area contributed by atoms with Crippen molar-refractivity contribution in [3.05, 3.63) is 27.8 Å². The van der Waals surface area contributed by atoms with Crippen LogP contribution in [0.25, 0.3) is 0 Å². The van der Waals surface area contributed by atoms with Crippen LogP contribution < -0.4 is 14.2 Å². The van der Waals surface area contributed by atoms with Crippen molar-refractivity contribution in [1.29, 1.82) is 0 Å². The predicted molar refractivity (Wildman–Crippen MR) is 116 cm³/mol. The number of hydrogen-bond donors (Lipinski definition) is 0. The lowest BCUT2D eigenvalue weighted by molar-refractivity contribution is -0.769. The molecule has 1 aromatic rings. The summed E-state index contributed by atoms with van der Waals surface area (Å²) >= 11 is 0. The van der Waals surface area contributed by atoms with E-state index in [9.17, 15) is 14.9 Å².